The fourth-order valence-corrected chi connectivity index (χ4v) is 2.76. The summed E-state index contributed by atoms with van der Waals surface area (Å²) in [6, 6.07) is 12.9. The van der Waals surface area contributed by atoms with E-state index < -0.39 is 5.97 Å². The molecule has 0 fully saturated rings. The van der Waals surface area contributed by atoms with E-state index in [-0.39, 0.29) is 5.69 Å². The van der Waals surface area contributed by atoms with Gasteiger partial charge in [-0.3, -0.25) is 0 Å². The van der Waals surface area contributed by atoms with E-state index >= 15 is 0 Å². The van der Waals surface area contributed by atoms with Gasteiger partial charge in [0.2, 0.25) is 0 Å². The molecule has 6 heteroatoms. The molecule has 1 aromatic heterocycles. The lowest BCUT2D eigenvalue weighted by atomic mass is 10.1. The van der Waals surface area contributed by atoms with E-state index in [9.17, 15) is 4.79 Å². The minimum atomic E-state index is -0.545. The molecule has 0 spiro atoms. The number of hydrogen-bond acceptors (Lipinski definition) is 6. The molecule has 0 atom stereocenters. The zero-order chi connectivity index (χ0) is 20.1. The largest absolute Gasteiger partial charge is 0.493 e. The van der Waals surface area contributed by atoms with Crippen LogP contribution < -0.4 is 14.2 Å². The Morgan fingerprint density at radius 3 is 2.29 bits per heavy atom. The summed E-state index contributed by atoms with van der Waals surface area (Å²) in [6.07, 6.45) is 1.78. The molecule has 0 saturated heterocycles. The Kier molecular flexibility index (Phi) is 5.79. The van der Waals surface area contributed by atoms with Gasteiger partial charge < -0.3 is 18.9 Å². The molecule has 144 valence electrons. The predicted octanol–water partition coefficient (Wildman–Crippen LogP) is 4.26. The second-order valence-electron chi connectivity index (χ2n) is 5.96. The molecule has 0 N–H and O–H groups in total. The number of benzene rings is 2. The Labute approximate surface area is 163 Å². The quantitative estimate of drug-likeness (QED) is 0.572. The number of carbonyl (C=O) groups excluding carboxylic acids is 1. The zero-order valence-electron chi connectivity index (χ0n) is 16.0. The van der Waals surface area contributed by atoms with E-state index in [1.807, 2.05) is 24.3 Å². The third kappa shape index (κ3) is 3.91. The lowest BCUT2D eigenvalue weighted by Crippen LogP contribution is -2.06. The van der Waals surface area contributed by atoms with E-state index in [0.717, 1.165) is 11.1 Å². The lowest BCUT2D eigenvalue weighted by molar-refractivity contribution is 0.0594. The van der Waals surface area contributed by atoms with Crippen molar-refractivity contribution < 1.29 is 23.7 Å². The molecule has 3 rings (SSSR count). The number of nitrogens with zero attached hydrogens (tertiary/aromatic N) is 1. The van der Waals surface area contributed by atoms with Gasteiger partial charge in [-0.2, -0.15) is 0 Å². The summed E-state index contributed by atoms with van der Waals surface area (Å²) in [5, 5.41) is 0.702. The van der Waals surface area contributed by atoms with Crippen molar-refractivity contribution in [2.75, 3.05) is 21.3 Å². The summed E-state index contributed by atoms with van der Waals surface area (Å²) < 4.78 is 21.5. The van der Waals surface area contributed by atoms with Gasteiger partial charge in [0, 0.05) is 17.5 Å². The molecule has 6 nitrogen and oxygen atoms in total. The Morgan fingerprint density at radius 2 is 1.68 bits per heavy atom. The highest BCUT2D eigenvalue weighted by atomic mass is 16.5. The van der Waals surface area contributed by atoms with Crippen LogP contribution in [-0.4, -0.2) is 32.3 Å². The second kappa shape index (κ2) is 8.43. The molecule has 28 heavy (non-hydrogen) atoms. The normalized spacial score (nSPS) is 10.4. The van der Waals surface area contributed by atoms with E-state index in [0.29, 0.717) is 34.8 Å². The van der Waals surface area contributed by atoms with Crippen LogP contribution in [0.2, 0.25) is 0 Å². The maximum Gasteiger partial charge on any atom is 0.356 e. The molecule has 0 aliphatic heterocycles. The number of rotatable bonds is 7. The van der Waals surface area contributed by atoms with Crippen LogP contribution in [0.4, 0.5) is 0 Å². The van der Waals surface area contributed by atoms with Gasteiger partial charge in [-0.25, -0.2) is 9.78 Å². The van der Waals surface area contributed by atoms with E-state index in [4.69, 9.17) is 18.9 Å². The molecule has 0 aliphatic carbocycles. The average molecular weight is 379 g/mol. The van der Waals surface area contributed by atoms with E-state index in [2.05, 4.69) is 11.6 Å². The van der Waals surface area contributed by atoms with E-state index in [1.165, 1.54) is 14.2 Å². The average Bonchev–Trinajstić information content (AvgIpc) is 2.75. The number of pyridine rings is 1. The van der Waals surface area contributed by atoms with Gasteiger partial charge in [-0.05, 0) is 17.2 Å². The molecular weight excluding hydrogens is 358 g/mol. The Balaban J connectivity index is 2.03. The van der Waals surface area contributed by atoms with Crippen LogP contribution in [0.1, 0.15) is 21.6 Å². The first-order valence-electron chi connectivity index (χ1n) is 8.59. The summed E-state index contributed by atoms with van der Waals surface area (Å²) in [5.41, 5.74) is 2.70. The smallest absolute Gasteiger partial charge is 0.356 e. The van der Waals surface area contributed by atoms with Gasteiger partial charge in [-0.1, -0.05) is 36.9 Å². The van der Waals surface area contributed by atoms with Crippen molar-refractivity contribution in [3.63, 3.8) is 0 Å². The topological polar surface area (TPSA) is 66.9 Å². The number of ether oxygens (including phenoxy) is 4. The van der Waals surface area contributed by atoms with Crippen molar-refractivity contribution in [3.8, 4) is 17.2 Å². The molecule has 0 aliphatic rings. The van der Waals surface area contributed by atoms with Gasteiger partial charge in [0.05, 0.1) is 26.8 Å². The minimum absolute atomic E-state index is 0.152. The van der Waals surface area contributed by atoms with Crippen LogP contribution in [0.15, 0.2) is 49.0 Å². The zero-order valence-corrected chi connectivity index (χ0v) is 16.0. The first-order chi connectivity index (χ1) is 13.6. The monoisotopic (exact) mass is 379 g/mol. The summed E-state index contributed by atoms with van der Waals surface area (Å²) >= 11 is 0. The van der Waals surface area contributed by atoms with Crippen molar-refractivity contribution in [2.24, 2.45) is 0 Å². The van der Waals surface area contributed by atoms with Crippen molar-refractivity contribution in [1.82, 2.24) is 4.98 Å². The van der Waals surface area contributed by atoms with Gasteiger partial charge in [-0.15, -0.1) is 0 Å². The standard InChI is InChI=1S/C22H21NO5/c1-5-14-6-8-15(9-7-14)13-28-19-12-18(22(24)27-4)23-17-11-21(26-3)20(25-2)10-16(17)19/h5-12H,1,13H2,2-4H3. The highest BCUT2D eigenvalue weighted by Crippen LogP contribution is 2.36. The number of fused-ring (bicyclic) bond motifs is 1. The maximum atomic E-state index is 12.0. The number of aromatic nitrogens is 1. The number of hydrogen-bond donors (Lipinski definition) is 0. The molecule has 0 radical (unpaired) electrons. The molecule has 3 aromatic rings. The van der Waals surface area contributed by atoms with Crippen molar-refractivity contribution in [1.29, 1.82) is 0 Å². The molecule has 0 bridgehead atoms. The van der Waals surface area contributed by atoms with Crippen molar-refractivity contribution in [3.05, 3.63) is 65.9 Å². The van der Waals surface area contributed by atoms with Crippen LogP contribution in [0.5, 0.6) is 17.2 Å². The summed E-state index contributed by atoms with van der Waals surface area (Å²) in [5.74, 6) is 1.01. The van der Waals surface area contributed by atoms with E-state index in [1.54, 1.807) is 31.4 Å². The fourth-order valence-electron chi connectivity index (χ4n) is 2.76. The molecule has 2 aromatic carbocycles. The lowest BCUT2D eigenvalue weighted by Gasteiger charge is -2.14. The highest BCUT2D eigenvalue weighted by molar-refractivity contribution is 5.95. The molecular formula is C22H21NO5. The van der Waals surface area contributed by atoms with Gasteiger partial charge >= 0.3 is 5.97 Å². The Morgan fingerprint density at radius 1 is 1.00 bits per heavy atom. The molecule has 0 amide bonds. The first-order valence-corrected chi connectivity index (χ1v) is 8.59. The maximum absolute atomic E-state index is 12.0. The van der Waals surface area contributed by atoms with Crippen molar-refractivity contribution in [2.45, 2.75) is 6.61 Å². The van der Waals surface area contributed by atoms with Gasteiger partial charge in [0.1, 0.15) is 12.4 Å². The van der Waals surface area contributed by atoms with Gasteiger partial charge in [0.25, 0.3) is 0 Å². The Hall–Kier alpha value is -3.54. The first kappa shape index (κ1) is 19.2. The Bertz CT molecular complexity index is 1010. The summed E-state index contributed by atoms with van der Waals surface area (Å²) in [6.45, 7) is 4.07. The predicted molar refractivity (Wildman–Crippen MR) is 107 cm³/mol. The van der Waals surface area contributed by atoms with Crippen LogP contribution in [-0.2, 0) is 11.3 Å². The number of esters is 1. The second-order valence-corrected chi connectivity index (χ2v) is 5.96. The number of carbonyl (C=O) groups is 1. The SMILES string of the molecule is C=Cc1ccc(COc2cc(C(=O)OC)nc3cc(OC)c(OC)cc23)cc1. The molecule has 0 saturated carbocycles. The number of methoxy groups -OCH3 is 3. The summed E-state index contributed by atoms with van der Waals surface area (Å²) in [7, 11) is 4.41. The third-order valence-electron chi connectivity index (χ3n) is 4.28. The van der Waals surface area contributed by atoms with Crippen LogP contribution in [0, 0.1) is 0 Å². The van der Waals surface area contributed by atoms with Gasteiger partial charge in [0.15, 0.2) is 17.2 Å². The van der Waals surface area contributed by atoms with Crippen molar-refractivity contribution >= 4 is 22.9 Å². The van der Waals surface area contributed by atoms with Crippen LogP contribution in [0.25, 0.3) is 17.0 Å². The molecule has 0 unspecified atom stereocenters. The van der Waals surface area contributed by atoms with Crippen LogP contribution in [0.3, 0.4) is 0 Å². The minimum Gasteiger partial charge on any atom is -0.493 e. The molecule has 1 heterocycles. The fraction of sp³-hybridized carbons (Fsp3) is 0.182. The third-order valence-corrected chi connectivity index (χ3v) is 4.28. The van der Waals surface area contributed by atoms with Crippen LogP contribution >= 0.6 is 0 Å². The highest BCUT2D eigenvalue weighted by Gasteiger charge is 2.16. The summed E-state index contributed by atoms with van der Waals surface area (Å²) in [4.78, 5) is 16.4.